The first-order chi connectivity index (χ1) is 11.7. The van der Waals surface area contributed by atoms with E-state index in [0.29, 0.717) is 12.5 Å². The van der Waals surface area contributed by atoms with Gasteiger partial charge in [0.25, 0.3) is 0 Å². The molecule has 0 radical (unpaired) electrons. The zero-order valence-electron chi connectivity index (χ0n) is 14.5. The Hall–Kier alpha value is -1.62. The number of amides is 1. The van der Waals surface area contributed by atoms with Gasteiger partial charge in [0.1, 0.15) is 0 Å². The summed E-state index contributed by atoms with van der Waals surface area (Å²) in [6, 6.07) is 5.11. The van der Waals surface area contributed by atoms with Gasteiger partial charge in [-0.15, -0.1) is 0 Å². The second-order valence-corrected chi connectivity index (χ2v) is 6.93. The van der Waals surface area contributed by atoms with Gasteiger partial charge in [-0.25, -0.2) is 4.39 Å². The summed E-state index contributed by atoms with van der Waals surface area (Å²) in [6.07, 6.45) is 5.51. The molecule has 0 aliphatic carbocycles. The normalized spacial score (nSPS) is 22.4. The topological polar surface area (TPSA) is 32.8 Å². The molecule has 2 heterocycles. The number of nitrogens with zero attached hydrogens (tertiary/aromatic N) is 2. The van der Waals surface area contributed by atoms with E-state index in [0.717, 1.165) is 57.4 Å². The second kappa shape index (κ2) is 7.97. The van der Waals surface area contributed by atoms with Crippen molar-refractivity contribution in [3.63, 3.8) is 0 Å². The number of hydrogen-bond donors (Lipinski definition) is 0. The van der Waals surface area contributed by atoms with Crippen LogP contribution >= 0.6 is 0 Å². The molecule has 1 aromatic rings. The van der Waals surface area contributed by atoms with Crippen LogP contribution in [0.2, 0.25) is 0 Å². The SMILES string of the molecule is COc1ccc(CN2CCCC(C(=O)N3CCCCC3)C2)cc1F. The van der Waals surface area contributed by atoms with Gasteiger partial charge in [0.05, 0.1) is 13.0 Å². The fourth-order valence-electron chi connectivity index (χ4n) is 3.84. The molecule has 0 aromatic heterocycles. The Bertz CT molecular complexity index is 572. The lowest BCUT2D eigenvalue weighted by molar-refractivity contribution is -0.138. The van der Waals surface area contributed by atoms with Crippen LogP contribution in [0.4, 0.5) is 4.39 Å². The number of methoxy groups -OCH3 is 1. The van der Waals surface area contributed by atoms with Gasteiger partial charge in [-0.05, 0) is 56.3 Å². The Morgan fingerprint density at radius 1 is 1.21 bits per heavy atom. The molecule has 24 heavy (non-hydrogen) atoms. The number of ether oxygens (including phenoxy) is 1. The minimum absolute atomic E-state index is 0.0972. The van der Waals surface area contributed by atoms with Gasteiger partial charge in [-0.2, -0.15) is 0 Å². The van der Waals surface area contributed by atoms with Crippen LogP contribution < -0.4 is 4.74 Å². The molecule has 2 fully saturated rings. The lowest BCUT2D eigenvalue weighted by Gasteiger charge is -2.36. The van der Waals surface area contributed by atoms with E-state index in [2.05, 4.69) is 4.90 Å². The van der Waals surface area contributed by atoms with Crippen molar-refractivity contribution in [2.24, 2.45) is 5.92 Å². The fraction of sp³-hybridized carbons (Fsp3) is 0.632. The minimum atomic E-state index is -0.326. The quantitative estimate of drug-likeness (QED) is 0.848. The summed E-state index contributed by atoms with van der Waals surface area (Å²) in [5.74, 6) is 0.365. The maximum atomic E-state index is 13.8. The number of likely N-dealkylation sites (tertiary alicyclic amines) is 2. The first-order valence-electron chi connectivity index (χ1n) is 9.01. The second-order valence-electron chi connectivity index (χ2n) is 6.93. The first kappa shape index (κ1) is 17.2. The van der Waals surface area contributed by atoms with Crippen LogP contribution in [0.25, 0.3) is 0 Å². The number of piperidine rings is 2. The van der Waals surface area contributed by atoms with Gasteiger partial charge in [0.2, 0.25) is 5.91 Å². The fourth-order valence-corrected chi connectivity index (χ4v) is 3.84. The molecule has 2 aliphatic rings. The van der Waals surface area contributed by atoms with Gasteiger partial charge in [-0.3, -0.25) is 9.69 Å². The molecule has 0 bridgehead atoms. The molecule has 1 atom stereocenters. The number of rotatable bonds is 4. The molecule has 2 aliphatic heterocycles. The number of carbonyl (C=O) groups is 1. The maximum absolute atomic E-state index is 13.8. The summed E-state index contributed by atoms with van der Waals surface area (Å²) in [5.41, 5.74) is 0.930. The van der Waals surface area contributed by atoms with Gasteiger partial charge < -0.3 is 9.64 Å². The monoisotopic (exact) mass is 334 g/mol. The van der Waals surface area contributed by atoms with Crippen molar-refractivity contribution < 1.29 is 13.9 Å². The van der Waals surface area contributed by atoms with Crippen molar-refractivity contribution in [3.8, 4) is 5.75 Å². The van der Waals surface area contributed by atoms with Crippen LogP contribution in [0.5, 0.6) is 5.75 Å². The lowest BCUT2D eigenvalue weighted by atomic mass is 9.95. The first-order valence-corrected chi connectivity index (χ1v) is 9.01. The Labute approximate surface area is 143 Å². The highest BCUT2D eigenvalue weighted by atomic mass is 19.1. The van der Waals surface area contributed by atoms with Gasteiger partial charge >= 0.3 is 0 Å². The molecule has 3 rings (SSSR count). The van der Waals surface area contributed by atoms with E-state index in [-0.39, 0.29) is 17.5 Å². The summed E-state index contributed by atoms with van der Waals surface area (Å²) < 4.78 is 18.8. The third-order valence-electron chi connectivity index (χ3n) is 5.14. The number of hydrogen-bond acceptors (Lipinski definition) is 3. The van der Waals surface area contributed by atoms with Crippen molar-refractivity contribution in [1.82, 2.24) is 9.80 Å². The van der Waals surface area contributed by atoms with Crippen LogP contribution in [0.3, 0.4) is 0 Å². The van der Waals surface area contributed by atoms with Gasteiger partial charge in [0, 0.05) is 26.2 Å². The van der Waals surface area contributed by atoms with Crippen LogP contribution in [0.1, 0.15) is 37.7 Å². The number of benzene rings is 1. The van der Waals surface area contributed by atoms with E-state index in [9.17, 15) is 9.18 Å². The Balaban J connectivity index is 1.59. The molecule has 132 valence electrons. The third kappa shape index (κ3) is 4.07. The average Bonchev–Trinajstić information content (AvgIpc) is 2.62. The average molecular weight is 334 g/mol. The van der Waals surface area contributed by atoms with E-state index < -0.39 is 0 Å². The zero-order valence-corrected chi connectivity index (χ0v) is 14.5. The number of carbonyl (C=O) groups excluding carboxylic acids is 1. The van der Waals surface area contributed by atoms with Crippen LogP contribution in [0, 0.1) is 11.7 Å². The molecular formula is C19H27FN2O2. The molecule has 1 amide bonds. The summed E-state index contributed by atoms with van der Waals surface area (Å²) in [6.45, 7) is 4.27. The van der Waals surface area contributed by atoms with E-state index >= 15 is 0 Å². The summed E-state index contributed by atoms with van der Waals surface area (Å²) in [7, 11) is 1.47. The van der Waals surface area contributed by atoms with Crippen molar-refractivity contribution in [2.45, 2.75) is 38.6 Å². The Morgan fingerprint density at radius 3 is 2.71 bits per heavy atom. The van der Waals surface area contributed by atoms with Crippen molar-refractivity contribution in [1.29, 1.82) is 0 Å². The summed E-state index contributed by atoms with van der Waals surface area (Å²) in [4.78, 5) is 17.0. The lowest BCUT2D eigenvalue weighted by Crippen LogP contribution is -2.46. The molecular weight excluding hydrogens is 307 g/mol. The molecule has 0 saturated carbocycles. The van der Waals surface area contributed by atoms with Crippen molar-refractivity contribution >= 4 is 5.91 Å². The molecule has 2 saturated heterocycles. The molecule has 0 spiro atoms. The summed E-state index contributed by atoms with van der Waals surface area (Å²) >= 11 is 0. The maximum Gasteiger partial charge on any atom is 0.226 e. The Morgan fingerprint density at radius 2 is 2.00 bits per heavy atom. The van der Waals surface area contributed by atoms with Gasteiger partial charge in [0.15, 0.2) is 11.6 Å². The van der Waals surface area contributed by atoms with E-state index in [1.165, 1.54) is 19.6 Å². The van der Waals surface area contributed by atoms with E-state index in [1.807, 2.05) is 11.0 Å². The molecule has 4 nitrogen and oxygen atoms in total. The van der Waals surface area contributed by atoms with E-state index in [1.54, 1.807) is 6.07 Å². The predicted octanol–water partition coefficient (Wildman–Crippen LogP) is 3.06. The minimum Gasteiger partial charge on any atom is -0.494 e. The van der Waals surface area contributed by atoms with Crippen molar-refractivity contribution in [3.05, 3.63) is 29.6 Å². The molecule has 1 unspecified atom stereocenters. The standard InChI is InChI=1S/C19H27FN2O2/c1-24-18-8-7-15(12-17(18)20)13-21-9-5-6-16(14-21)19(23)22-10-3-2-4-11-22/h7-8,12,16H,2-6,9-11,13-14H2,1H3. The zero-order chi connectivity index (χ0) is 16.9. The summed E-state index contributed by atoms with van der Waals surface area (Å²) in [5, 5.41) is 0. The smallest absolute Gasteiger partial charge is 0.226 e. The third-order valence-corrected chi connectivity index (χ3v) is 5.14. The molecule has 0 N–H and O–H groups in total. The number of halogens is 1. The Kier molecular flexibility index (Phi) is 5.72. The van der Waals surface area contributed by atoms with Gasteiger partial charge in [-0.1, -0.05) is 6.07 Å². The van der Waals surface area contributed by atoms with Crippen molar-refractivity contribution in [2.75, 3.05) is 33.3 Å². The van der Waals surface area contributed by atoms with E-state index in [4.69, 9.17) is 4.74 Å². The highest BCUT2D eigenvalue weighted by Gasteiger charge is 2.29. The van der Waals surface area contributed by atoms with Crippen LogP contribution in [-0.4, -0.2) is 49.0 Å². The molecule has 1 aromatic carbocycles. The van der Waals surface area contributed by atoms with Crippen LogP contribution in [-0.2, 0) is 11.3 Å². The highest BCUT2D eigenvalue weighted by molar-refractivity contribution is 5.79. The highest BCUT2D eigenvalue weighted by Crippen LogP contribution is 2.24. The van der Waals surface area contributed by atoms with Crippen LogP contribution in [0.15, 0.2) is 18.2 Å². The molecule has 5 heteroatoms. The predicted molar refractivity (Wildman–Crippen MR) is 91.4 cm³/mol. The largest absolute Gasteiger partial charge is 0.494 e.